The topological polar surface area (TPSA) is 41.5 Å². The molecule has 0 amide bonds. The van der Waals surface area contributed by atoms with Gasteiger partial charge in [-0.3, -0.25) is 0 Å². The third-order valence-electron chi connectivity index (χ3n) is 2.80. The van der Waals surface area contributed by atoms with Crippen LogP contribution in [0.3, 0.4) is 0 Å². The highest BCUT2D eigenvalue weighted by Crippen LogP contribution is 2.36. The van der Waals surface area contributed by atoms with E-state index in [4.69, 9.17) is 9.94 Å². The van der Waals surface area contributed by atoms with Crippen molar-refractivity contribution in [2.45, 2.75) is 27.3 Å². The fourth-order valence-electron chi connectivity index (χ4n) is 1.73. The van der Waals surface area contributed by atoms with Gasteiger partial charge in [0.15, 0.2) is 0 Å². The molecule has 0 saturated carbocycles. The average Bonchev–Trinajstić information content (AvgIpc) is 2.23. The van der Waals surface area contributed by atoms with E-state index in [0.717, 1.165) is 32.5 Å². The van der Waals surface area contributed by atoms with Gasteiger partial charge in [0, 0.05) is 6.54 Å². The molecular formula is C11H16BrNO2. The van der Waals surface area contributed by atoms with Crippen LogP contribution in [0.25, 0.3) is 0 Å². The molecule has 0 heterocycles. The number of ether oxygens (including phenoxy) is 1. The summed E-state index contributed by atoms with van der Waals surface area (Å²) in [6.07, 6.45) is 0. The van der Waals surface area contributed by atoms with Crippen molar-refractivity contribution in [2.24, 2.45) is 0 Å². The molecule has 84 valence electrons. The minimum atomic E-state index is 0.446. The Morgan fingerprint density at radius 2 is 1.80 bits per heavy atom. The fourth-order valence-corrected chi connectivity index (χ4v) is 2.43. The van der Waals surface area contributed by atoms with E-state index < -0.39 is 0 Å². The Kier molecular flexibility index (Phi) is 4.13. The summed E-state index contributed by atoms with van der Waals surface area (Å²) in [4.78, 5) is 0. The molecule has 0 spiro atoms. The summed E-state index contributed by atoms with van der Waals surface area (Å²) in [6, 6.07) is 0. The van der Waals surface area contributed by atoms with Gasteiger partial charge in [0.1, 0.15) is 5.75 Å². The second-order valence-electron chi connectivity index (χ2n) is 3.54. The van der Waals surface area contributed by atoms with Crippen molar-refractivity contribution in [3.8, 4) is 5.75 Å². The molecular weight excluding hydrogens is 258 g/mol. The van der Waals surface area contributed by atoms with Crippen LogP contribution in [0, 0.1) is 20.8 Å². The number of halogens is 1. The number of methoxy groups -OCH3 is 1. The van der Waals surface area contributed by atoms with Crippen LogP contribution >= 0.6 is 15.9 Å². The zero-order valence-corrected chi connectivity index (χ0v) is 11.0. The lowest BCUT2D eigenvalue weighted by molar-refractivity contribution is 0.161. The summed E-state index contributed by atoms with van der Waals surface area (Å²) in [7, 11) is 1.66. The van der Waals surface area contributed by atoms with Crippen LogP contribution in [0.1, 0.15) is 22.3 Å². The van der Waals surface area contributed by atoms with Gasteiger partial charge in [-0.15, -0.1) is 0 Å². The van der Waals surface area contributed by atoms with Gasteiger partial charge < -0.3 is 9.94 Å². The lowest BCUT2D eigenvalue weighted by Gasteiger charge is -2.18. The standard InChI is InChI=1S/C11H16BrNO2/c1-6-7(2)11(15-4)10(12)8(3)9(6)5-13-14/h13-14H,5H2,1-4H3. The number of rotatable bonds is 3. The van der Waals surface area contributed by atoms with Gasteiger partial charge in [0.25, 0.3) is 0 Å². The highest BCUT2D eigenvalue weighted by Gasteiger charge is 2.15. The summed E-state index contributed by atoms with van der Waals surface area (Å²) in [5, 5.41) is 8.78. The number of hydrogen-bond donors (Lipinski definition) is 2. The molecule has 0 radical (unpaired) electrons. The molecule has 0 fully saturated rings. The van der Waals surface area contributed by atoms with E-state index in [1.54, 1.807) is 7.11 Å². The first-order valence-corrected chi connectivity index (χ1v) is 5.53. The van der Waals surface area contributed by atoms with Crippen LogP contribution in [0.15, 0.2) is 4.47 Å². The smallest absolute Gasteiger partial charge is 0.136 e. The highest BCUT2D eigenvalue weighted by atomic mass is 79.9. The van der Waals surface area contributed by atoms with Gasteiger partial charge in [-0.1, -0.05) is 0 Å². The number of nitrogens with one attached hydrogen (secondary N) is 1. The normalized spacial score (nSPS) is 10.5. The molecule has 0 aliphatic carbocycles. The van der Waals surface area contributed by atoms with E-state index in [1.165, 1.54) is 0 Å². The Morgan fingerprint density at radius 3 is 2.27 bits per heavy atom. The molecule has 0 bridgehead atoms. The van der Waals surface area contributed by atoms with Crippen LogP contribution in [0.5, 0.6) is 5.75 Å². The SMILES string of the molecule is COc1c(C)c(C)c(CNO)c(C)c1Br. The van der Waals surface area contributed by atoms with Crippen LogP contribution in [-0.2, 0) is 6.54 Å². The fraction of sp³-hybridized carbons (Fsp3) is 0.455. The van der Waals surface area contributed by atoms with Crippen LogP contribution in [0.2, 0.25) is 0 Å². The molecule has 1 aromatic rings. The van der Waals surface area contributed by atoms with E-state index in [9.17, 15) is 0 Å². The van der Waals surface area contributed by atoms with Gasteiger partial charge in [-0.2, -0.15) is 0 Å². The molecule has 0 atom stereocenters. The molecule has 15 heavy (non-hydrogen) atoms. The summed E-state index contributed by atoms with van der Waals surface area (Å²) in [5.41, 5.74) is 6.63. The summed E-state index contributed by atoms with van der Waals surface area (Å²) >= 11 is 3.51. The number of hydrogen-bond acceptors (Lipinski definition) is 3. The summed E-state index contributed by atoms with van der Waals surface area (Å²) in [6.45, 7) is 6.50. The Hall–Kier alpha value is -0.580. The molecule has 0 aromatic heterocycles. The maximum atomic E-state index is 8.78. The molecule has 0 saturated heterocycles. The molecule has 0 aliphatic rings. The van der Waals surface area contributed by atoms with Crippen molar-refractivity contribution in [2.75, 3.05) is 7.11 Å². The van der Waals surface area contributed by atoms with Gasteiger partial charge in [0.2, 0.25) is 0 Å². The first kappa shape index (κ1) is 12.5. The van der Waals surface area contributed by atoms with E-state index in [-0.39, 0.29) is 0 Å². The van der Waals surface area contributed by atoms with Crippen molar-refractivity contribution in [1.82, 2.24) is 5.48 Å². The minimum absolute atomic E-state index is 0.446. The molecule has 0 aliphatic heterocycles. The van der Waals surface area contributed by atoms with Crippen molar-refractivity contribution in [3.05, 3.63) is 26.7 Å². The van der Waals surface area contributed by atoms with Crippen molar-refractivity contribution in [3.63, 3.8) is 0 Å². The quantitative estimate of drug-likeness (QED) is 0.833. The lowest BCUT2D eigenvalue weighted by Crippen LogP contribution is -2.11. The number of benzene rings is 1. The maximum Gasteiger partial charge on any atom is 0.136 e. The second kappa shape index (κ2) is 4.96. The van der Waals surface area contributed by atoms with E-state index in [0.29, 0.717) is 6.54 Å². The van der Waals surface area contributed by atoms with Gasteiger partial charge in [-0.25, -0.2) is 5.48 Å². The van der Waals surface area contributed by atoms with Gasteiger partial charge in [0.05, 0.1) is 11.6 Å². The van der Waals surface area contributed by atoms with E-state index >= 15 is 0 Å². The molecule has 0 unspecified atom stereocenters. The predicted octanol–water partition coefficient (Wildman–Crippen LogP) is 2.86. The number of hydroxylamine groups is 1. The highest BCUT2D eigenvalue weighted by molar-refractivity contribution is 9.10. The maximum absolute atomic E-state index is 8.78. The Balaban J connectivity index is 3.44. The van der Waals surface area contributed by atoms with Crippen molar-refractivity contribution >= 4 is 15.9 Å². The summed E-state index contributed by atoms with van der Waals surface area (Å²) in [5.74, 6) is 0.867. The third kappa shape index (κ3) is 2.17. The lowest BCUT2D eigenvalue weighted by atomic mass is 9.97. The van der Waals surface area contributed by atoms with E-state index in [1.807, 2.05) is 20.8 Å². The molecule has 1 aromatic carbocycles. The summed E-state index contributed by atoms with van der Waals surface area (Å²) < 4.78 is 6.30. The molecule has 1 rings (SSSR count). The van der Waals surface area contributed by atoms with Crippen LogP contribution in [-0.4, -0.2) is 12.3 Å². The predicted molar refractivity (Wildman–Crippen MR) is 63.5 cm³/mol. The molecule has 4 heteroatoms. The first-order chi connectivity index (χ1) is 7.04. The van der Waals surface area contributed by atoms with Crippen molar-refractivity contribution in [1.29, 1.82) is 0 Å². The zero-order chi connectivity index (χ0) is 11.6. The van der Waals surface area contributed by atoms with Crippen LogP contribution in [0.4, 0.5) is 0 Å². The monoisotopic (exact) mass is 273 g/mol. The molecule has 3 nitrogen and oxygen atoms in total. The Morgan fingerprint density at radius 1 is 1.20 bits per heavy atom. The van der Waals surface area contributed by atoms with Gasteiger partial charge in [-0.05, 0) is 59.0 Å². The Bertz CT molecular complexity index is 348. The van der Waals surface area contributed by atoms with Gasteiger partial charge >= 0.3 is 0 Å². The van der Waals surface area contributed by atoms with E-state index in [2.05, 4.69) is 21.4 Å². The third-order valence-corrected chi connectivity index (χ3v) is 3.75. The minimum Gasteiger partial charge on any atom is -0.495 e. The average molecular weight is 274 g/mol. The molecule has 2 N–H and O–H groups in total. The second-order valence-corrected chi connectivity index (χ2v) is 4.33. The Labute approximate surface area is 98.5 Å². The van der Waals surface area contributed by atoms with Crippen molar-refractivity contribution < 1.29 is 9.94 Å². The zero-order valence-electron chi connectivity index (χ0n) is 9.44. The van der Waals surface area contributed by atoms with Crippen LogP contribution < -0.4 is 10.2 Å². The first-order valence-electron chi connectivity index (χ1n) is 4.73. The largest absolute Gasteiger partial charge is 0.495 e.